The van der Waals surface area contributed by atoms with Gasteiger partial charge in [0.1, 0.15) is 0 Å². The molecular formula is C12H23N3O. The van der Waals surface area contributed by atoms with E-state index in [1.807, 2.05) is 13.1 Å². The van der Waals surface area contributed by atoms with E-state index in [-0.39, 0.29) is 18.1 Å². The number of nitrogens with one attached hydrogen (secondary N) is 2. The van der Waals surface area contributed by atoms with Gasteiger partial charge in [-0.15, -0.1) is 0 Å². The summed E-state index contributed by atoms with van der Waals surface area (Å²) in [7, 11) is 0. The first-order valence-corrected chi connectivity index (χ1v) is 5.80. The molecule has 0 fully saturated rings. The number of aromatic nitrogens is 2. The standard InChI is InChI=1S/C12H23N3O/c1-9(11-7-14-15-10(11)2)13-8-12(3,4)5-6-16/h7,9,13,16H,5-6,8H2,1-4H3,(H,14,15). The molecule has 1 rings (SSSR count). The maximum atomic E-state index is 8.95. The van der Waals surface area contributed by atoms with Crippen molar-refractivity contribution in [3.8, 4) is 0 Å². The van der Waals surface area contributed by atoms with Crippen LogP contribution in [0.1, 0.15) is 44.5 Å². The maximum absolute atomic E-state index is 8.95. The largest absolute Gasteiger partial charge is 0.396 e. The smallest absolute Gasteiger partial charge is 0.0537 e. The minimum absolute atomic E-state index is 0.126. The highest BCUT2D eigenvalue weighted by Crippen LogP contribution is 2.21. The lowest BCUT2D eigenvalue weighted by Gasteiger charge is -2.26. The number of nitrogens with zero attached hydrogens (tertiary/aromatic N) is 1. The van der Waals surface area contributed by atoms with Crippen LogP contribution in [0.4, 0.5) is 0 Å². The first-order chi connectivity index (χ1) is 7.46. The summed E-state index contributed by atoms with van der Waals surface area (Å²) in [6.07, 6.45) is 2.68. The fourth-order valence-corrected chi connectivity index (χ4v) is 1.73. The number of aliphatic hydroxyl groups excluding tert-OH is 1. The van der Waals surface area contributed by atoms with E-state index in [0.717, 1.165) is 18.7 Å². The number of hydrogen-bond donors (Lipinski definition) is 3. The van der Waals surface area contributed by atoms with E-state index < -0.39 is 0 Å². The molecule has 0 aliphatic rings. The van der Waals surface area contributed by atoms with E-state index in [2.05, 4.69) is 36.3 Å². The van der Waals surface area contributed by atoms with Gasteiger partial charge >= 0.3 is 0 Å². The highest BCUT2D eigenvalue weighted by molar-refractivity contribution is 5.18. The van der Waals surface area contributed by atoms with Crippen molar-refractivity contribution >= 4 is 0 Å². The van der Waals surface area contributed by atoms with Crippen LogP contribution < -0.4 is 5.32 Å². The van der Waals surface area contributed by atoms with Gasteiger partial charge in [-0.2, -0.15) is 5.10 Å². The predicted molar refractivity (Wildman–Crippen MR) is 65.2 cm³/mol. The number of hydrogen-bond acceptors (Lipinski definition) is 3. The second-order valence-electron chi connectivity index (χ2n) is 5.19. The van der Waals surface area contributed by atoms with Gasteiger partial charge in [-0.05, 0) is 25.7 Å². The Morgan fingerprint density at radius 3 is 2.75 bits per heavy atom. The van der Waals surface area contributed by atoms with Crippen LogP contribution in [-0.2, 0) is 0 Å². The topological polar surface area (TPSA) is 60.9 Å². The van der Waals surface area contributed by atoms with E-state index in [4.69, 9.17) is 5.11 Å². The molecule has 92 valence electrons. The van der Waals surface area contributed by atoms with Crippen molar-refractivity contribution < 1.29 is 5.11 Å². The first kappa shape index (κ1) is 13.2. The minimum atomic E-state index is 0.126. The predicted octanol–water partition coefficient (Wildman–Crippen LogP) is 1.78. The Hall–Kier alpha value is -0.870. The van der Waals surface area contributed by atoms with Crippen LogP contribution in [0.15, 0.2) is 6.20 Å². The Morgan fingerprint density at radius 2 is 2.25 bits per heavy atom. The van der Waals surface area contributed by atoms with Gasteiger partial charge in [-0.3, -0.25) is 5.10 Å². The zero-order valence-corrected chi connectivity index (χ0v) is 10.7. The SMILES string of the molecule is Cc1[nH]ncc1C(C)NCC(C)(C)CCO. The molecule has 0 spiro atoms. The molecule has 1 atom stereocenters. The van der Waals surface area contributed by atoms with Crippen molar-refractivity contribution in [1.29, 1.82) is 0 Å². The summed E-state index contributed by atoms with van der Waals surface area (Å²) in [4.78, 5) is 0. The van der Waals surface area contributed by atoms with Crippen molar-refractivity contribution in [1.82, 2.24) is 15.5 Å². The Kier molecular flexibility index (Phi) is 4.50. The summed E-state index contributed by atoms with van der Waals surface area (Å²) in [5.41, 5.74) is 2.44. The van der Waals surface area contributed by atoms with E-state index in [1.54, 1.807) is 0 Å². The summed E-state index contributed by atoms with van der Waals surface area (Å²) in [6, 6.07) is 0.289. The maximum Gasteiger partial charge on any atom is 0.0537 e. The van der Waals surface area contributed by atoms with Gasteiger partial charge < -0.3 is 10.4 Å². The van der Waals surface area contributed by atoms with Gasteiger partial charge in [0, 0.05) is 30.5 Å². The van der Waals surface area contributed by atoms with Crippen LogP contribution in [-0.4, -0.2) is 28.5 Å². The normalized spacial score (nSPS) is 14.1. The monoisotopic (exact) mass is 225 g/mol. The third-order valence-electron chi connectivity index (χ3n) is 3.01. The van der Waals surface area contributed by atoms with Gasteiger partial charge in [0.25, 0.3) is 0 Å². The van der Waals surface area contributed by atoms with E-state index in [9.17, 15) is 0 Å². The number of aliphatic hydroxyl groups is 1. The molecule has 0 aliphatic carbocycles. The van der Waals surface area contributed by atoms with Crippen LogP contribution in [0.25, 0.3) is 0 Å². The lowest BCUT2D eigenvalue weighted by Crippen LogP contribution is -2.32. The third kappa shape index (κ3) is 3.61. The Labute approximate surface area is 97.5 Å². The van der Waals surface area contributed by atoms with Crippen LogP contribution in [0.5, 0.6) is 0 Å². The highest BCUT2D eigenvalue weighted by atomic mass is 16.3. The van der Waals surface area contributed by atoms with E-state index in [0.29, 0.717) is 0 Å². The summed E-state index contributed by atoms with van der Waals surface area (Å²) in [5.74, 6) is 0. The van der Waals surface area contributed by atoms with Gasteiger partial charge in [0.15, 0.2) is 0 Å². The average molecular weight is 225 g/mol. The molecule has 0 amide bonds. The van der Waals surface area contributed by atoms with Crippen molar-refractivity contribution in [3.05, 3.63) is 17.5 Å². The molecule has 1 aromatic rings. The average Bonchev–Trinajstić information content (AvgIpc) is 2.61. The van der Waals surface area contributed by atoms with Gasteiger partial charge in [0.2, 0.25) is 0 Å². The molecule has 0 aliphatic heterocycles. The second-order valence-corrected chi connectivity index (χ2v) is 5.19. The number of aromatic amines is 1. The van der Waals surface area contributed by atoms with Crippen molar-refractivity contribution in [2.45, 2.75) is 40.2 Å². The summed E-state index contributed by atoms with van der Waals surface area (Å²) >= 11 is 0. The number of aryl methyl sites for hydroxylation is 1. The molecular weight excluding hydrogens is 202 g/mol. The summed E-state index contributed by atoms with van der Waals surface area (Å²) in [5, 5.41) is 19.4. The third-order valence-corrected chi connectivity index (χ3v) is 3.01. The quantitative estimate of drug-likeness (QED) is 0.691. The molecule has 1 heterocycles. The molecule has 3 N–H and O–H groups in total. The Balaban J connectivity index is 2.47. The van der Waals surface area contributed by atoms with Crippen LogP contribution in [0, 0.1) is 12.3 Å². The molecule has 1 aromatic heterocycles. The molecule has 16 heavy (non-hydrogen) atoms. The Morgan fingerprint density at radius 1 is 1.56 bits per heavy atom. The van der Waals surface area contributed by atoms with Crippen molar-refractivity contribution in [2.24, 2.45) is 5.41 Å². The van der Waals surface area contributed by atoms with E-state index in [1.165, 1.54) is 5.56 Å². The molecule has 0 saturated carbocycles. The summed E-state index contributed by atoms with van der Waals surface area (Å²) < 4.78 is 0. The van der Waals surface area contributed by atoms with Crippen molar-refractivity contribution in [2.75, 3.05) is 13.2 Å². The minimum Gasteiger partial charge on any atom is -0.396 e. The fraction of sp³-hybridized carbons (Fsp3) is 0.750. The molecule has 0 saturated heterocycles. The molecule has 0 bridgehead atoms. The van der Waals surface area contributed by atoms with Gasteiger partial charge in [-0.1, -0.05) is 13.8 Å². The molecule has 0 aromatic carbocycles. The molecule has 4 heteroatoms. The molecule has 1 unspecified atom stereocenters. The fourth-order valence-electron chi connectivity index (χ4n) is 1.73. The second kappa shape index (κ2) is 5.46. The highest BCUT2D eigenvalue weighted by Gasteiger charge is 2.19. The number of H-pyrrole nitrogens is 1. The molecule has 0 radical (unpaired) electrons. The van der Waals surface area contributed by atoms with Crippen LogP contribution >= 0.6 is 0 Å². The van der Waals surface area contributed by atoms with E-state index >= 15 is 0 Å². The summed E-state index contributed by atoms with van der Waals surface area (Å²) in [6.45, 7) is 9.61. The van der Waals surface area contributed by atoms with Gasteiger partial charge in [0.05, 0.1) is 6.20 Å². The van der Waals surface area contributed by atoms with Crippen molar-refractivity contribution in [3.63, 3.8) is 0 Å². The van der Waals surface area contributed by atoms with Crippen LogP contribution in [0.2, 0.25) is 0 Å². The Bertz CT molecular complexity index is 320. The first-order valence-electron chi connectivity index (χ1n) is 5.80. The number of rotatable bonds is 6. The zero-order valence-electron chi connectivity index (χ0n) is 10.7. The van der Waals surface area contributed by atoms with Crippen LogP contribution in [0.3, 0.4) is 0 Å². The zero-order chi connectivity index (χ0) is 12.2. The van der Waals surface area contributed by atoms with Gasteiger partial charge in [-0.25, -0.2) is 0 Å². The lowest BCUT2D eigenvalue weighted by molar-refractivity contribution is 0.203. The lowest BCUT2D eigenvalue weighted by atomic mass is 9.89. The molecule has 4 nitrogen and oxygen atoms in total.